The monoisotopic (exact) mass is 298 g/mol. The molecule has 0 saturated heterocycles. The minimum Gasteiger partial charge on any atom is -0.345 e. The number of allylic oxidation sites excluding steroid dienone is 2. The van der Waals surface area contributed by atoms with Crippen LogP contribution in [0.25, 0.3) is 11.1 Å². The maximum Gasteiger partial charge on any atom is 0.163 e. The summed E-state index contributed by atoms with van der Waals surface area (Å²) < 4.78 is 0. The molecule has 23 heavy (non-hydrogen) atoms. The highest BCUT2D eigenvalue weighted by atomic mass is 14.9. The molecule has 2 rings (SSSR count). The van der Waals surface area contributed by atoms with Crippen molar-refractivity contribution in [2.45, 2.75) is 13.8 Å². The number of aryl methyl sites for hydroxylation is 2. The van der Waals surface area contributed by atoms with Crippen LogP contribution >= 0.6 is 0 Å². The largest absolute Gasteiger partial charge is 0.345 e. The Labute approximate surface area is 135 Å². The van der Waals surface area contributed by atoms with Crippen molar-refractivity contribution in [3.8, 4) is 29.3 Å². The highest BCUT2D eigenvalue weighted by Gasteiger charge is 2.10. The molecular formula is C19H14N4. The maximum atomic E-state index is 9.19. The first kappa shape index (κ1) is 15.8. The van der Waals surface area contributed by atoms with Crippen LogP contribution in [0.15, 0.2) is 53.7 Å². The molecule has 1 N–H and O–H groups in total. The molecule has 0 radical (unpaired) electrons. The highest BCUT2D eigenvalue weighted by Crippen LogP contribution is 2.30. The van der Waals surface area contributed by atoms with Crippen LogP contribution in [0.3, 0.4) is 0 Å². The fourth-order valence-electron chi connectivity index (χ4n) is 2.17. The third kappa shape index (κ3) is 3.38. The van der Waals surface area contributed by atoms with Gasteiger partial charge in [0.15, 0.2) is 5.57 Å². The number of nitrogens with one attached hydrogen (secondary N) is 1. The molecule has 2 aromatic carbocycles. The lowest BCUT2D eigenvalue weighted by Crippen LogP contribution is -2.02. The van der Waals surface area contributed by atoms with Crippen molar-refractivity contribution in [3.63, 3.8) is 0 Å². The van der Waals surface area contributed by atoms with Gasteiger partial charge in [0.1, 0.15) is 23.9 Å². The van der Waals surface area contributed by atoms with Gasteiger partial charge in [0.05, 0.1) is 0 Å². The number of rotatable bonds is 3. The van der Waals surface area contributed by atoms with E-state index in [4.69, 9.17) is 10.5 Å². The van der Waals surface area contributed by atoms with Gasteiger partial charge in [-0.2, -0.15) is 15.8 Å². The lowest BCUT2D eigenvalue weighted by Gasteiger charge is -2.12. The molecule has 4 nitrogen and oxygen atoms in total. The van der Waals surface area contributed by atoms with E-state index < -0.39 is 0 Å². The molecule has 0 amide bonds. The zero-order valence-corrected chi connectivity index (χ0v) is 12.9. The van der Waals surface area contributed by atoms with E-state index in [0.29, 0.717) is 5.69 Å². The van der Waals surface area contributed by atoms with Crippen molar-refractivity contribution >= 4 is 5.69 Å². The standard InChI is InChI=1S/C19H14N4/c1-13-7-8-15(9-14(13)2)17-5-3-4-6-18(17)23-19(12-22)16(10-20)11-21/h3-9,23H,1-2H3. The Hall–Kier alpha value is -3.55. The third-order valence-electron chi connectivity index (χ3n) is 3.59. The predicted molar refractivity (Wildman–Crippen MR) is 88.8 cm³/mol. The Kier molecular flexibility index (Phi) is 4.78. The van der Waals surface area contributed by atoms with Crippen molar-refractivity contribution in [2.75, 3.05) is 5.32 Å². The predicted octanol–water partition coefficient (Wildman–Crippen LogP) is 4.21. The number of benzene rings is 2. The summed E-state index contributed by atoms with van der Waals surface area (Å²) in [7, 11) is 0. The van der Waals surface area contributed by atoms with Gasteiger partial charge in [0.25, 0.3) is 0 Å². The van der Waals surface area contributed by atoms with Crippen LogP contribution in [0.4, 0.5) is 5.69 Å². The quantitative estimate of drug-likeness (QED) is 0.860. The zero-order valence-electron chi connectivity index (χ0n) is 12.9. The number of anilines is 1. The fourth-order valence-corrected chi connectivity index (χ4v) is 2.17. The van der Waals surface area contributed by atoms with Crippen LogP contribution in [0.5, 0.6) is 0 Å². The van der Waals surface area contributed by atoms with E-state index in [9.17, 15) is 5.26 Å². The van der Waals surface area contributed by atoms with Crippen molar-refractivity contribution < 1.29 is 0 Å². The fraction of sp³-hybridized carbons (Fsp3) is 0.105. The Bertz CT molecular complexity index is 886. The lowest BCUT2D eigenvalue weighted by molar-refractivity contribution is 1.34. The van der Waals surface area contributed by atoms with Gasteiger partial charge >= 0.3 is 0 Å². The Morgan fingerprint density at radius 3 is 2.17 bits per heavy atom. The molecular weight excluding hydrogens is 284 g/mol. The molecule has 0 bridgehead atoms. The van der Waals surface area contributed by atoms with Gasteiger partial charge in [-0.3, -0.25) is 0 Å². The Morgan fingerprint density at radius 2 is 1.57 bits per heavy atom. The average Bonchev–Trinajstić information content (AvgIpc) is 2.58. The summed E-state index contributed by atoms with van der Waals surface area (Å²) in [6, 6.07) is 18.9. The summed E-state index contributed by atoms with van der Waals surface area (Å²) in [4.78, 5) is 0. The topological polar surface area (TPSA) is 83.4 Å². The second-order valence-electron chi connectivity index (χ2n) is 5.06. The summed E-state index contributed by atoms with van der Waals surface area (Å²) in [5.41, 5.74) is 4.67. The maximum absolute atomic E-state index is 9.19. The van der Waals surface area contributed by atoms with Crippen LogP contribution in [0, 0.1) is 47.8 Å². The number of nitriles is 3. The summed E-state index contributed by atoms with van der Waals surface area (Å²) in [5.74, 6) is 0. The molecule has 0 saturated carbocycles. The van der Waals surface area contributed by atoms with Gasteiger partial charge in [-0.15, -0.1) is 0 Å². The van der Waals surface area contributed by atoms with Crippen LogP contribution in [0.2, 0.25) is 0 Å². The molecule has 0 atom stereocenters. The summed E-state index contributed by atoms with van der Waals surface area (Å²) >= 11 is 0. The average molecular weight is 298 g/mol. The molecule has 0 aliphatic carbocycles. The van der Waals surface area contributed by atoms with Crippen molar-refractivity contribution in [1.82, 2.24) is 0 Å². The van der Waals surface area contributed by atoms with E-state index >= 15 is 0 Å². The molecule has 0 heterocycles. The zero-order chi connectivity index (χ0) is 16.8. The van der Waals surface area contributed by atoms with Crippen molar-refractivity contribution in [3.05, 3.63) is 64.9 Å². The number of hydrogen-bond donors (Lipinski definition) is 1. The molecule has 2 aromatic rings. The van der Waals surface area contributed by atoms with E-state index in [-0.39, 0.29) is 11.3 Å². The molecule has 0 spiro atoms. The molecule has 0 aliphatic rings. The highest BCUT2D eigenvalue weighted by molar-refractivity contribution is 5.80. The van der Waals surface area contributed by atoms with E-state index in [1.807, 2.05) is 56.3 Å². The van der Waals surface area contributed by atoms with Gasteiger partial charge in [-0.1, -0.05) is 36.4 Å². The summed E-state index contributed by atoms with van der Waals surface area (Å²) in [6.07, 6.45) is 0. The molecule has 0 aliphatic heterocycles. The van der Waals surface area contributed by atoms with Gasteiger partial charge in [-0.05, 0) is 36.6 Å². The first-order valence-electron chi connectivity index (χ1n) is 6.99. The third-order valence-corrected chi connectivity index (χ3v) is 3.59. The molecule has 110 valence electrons. The first-order chi connectivity index (χ1) is 11.1. The van der Waals surface area contributed by atoms with Crippen LogP contribution < -0.4 is 5.32 Å². The van der Waals surface area contributed by atoms with Crippen LogP contribution in [-0.4, -0.2) is 0 Å². The number of para-hydroxylation sites is 1. The number of nitrogens with zero attached hydrogens (tertiary/aromatic N) is 3. The minimum absolute atomic E-state index is 0.0497. The molecule has 4 heteroatoms. The SMILES string of the molecule is Cc1ccc(-c2ccccc2NC(C#N)=C(C#N)C#N)cc1C. The molecule has 0 fully saturated rings. The molecule has 0 aromatic heterocycles. The van der Waals surface area contributed by atoms with E-state index in [1.165, 1.54) is 11.1 Å². The van der Waals surface area contributed by atoms with Gasteiger partial charge in [0.2, 0.25) is 0 Å². The summed E-state index contributed by atoms with van der Waals surface area (Å²) in [6.45, 7) is 4.09. The smallest absolute Gasteiger partial charge is 0.163 e. The second kappa shape index (κ2) is 6.94. The Morgan fingerprint density at radius 1 is 0.870 bits per heavy atom. The normalized spacial score (nSPS) is 9.17. The van der Waals surface area contributed by atoms with Crippen LogP contribution in [-0.2, 0) is 0 Å². The lowest BCUT2D eigenvalue weighted by atomic mass is 9.99. The van der Waals surface area contributed by atoms with E-state index in [0.717, 1.165) is 11.1 Å². The van der Waals surface area contributed by atoms with E-state index in [1.54, 1.807) is 12.1 Å². The number of hydrogen-bond acceptors (Lipinski definition) is 4. The first-order valence-corrected chi connectivity index (χ1v) is 6.99. The Balaban J connectivity index is 2.53. The second-order valence-corrected chi connectivity index (χ2v) is 5.06. The van der Waals surface area contributed by atoms with Gasteiger partial charge < -0.3 is 5.32 Å². The van der Waals surface area contributed by atoms with Gasteiger partial charge in [0, 0.05) is 11.3 Å². The molecule has 0 unspecified atom stereocenters. The van der Waals surface area contributed by atoms with Crippen molar-refractivity contribution in [2.24, 2.45) is 0 Å². The van der Waals surface area contributed by atoms with Crippen molar-refractivity contribution in [1.29, 1.82) is 15.8 Å². The van der Waals surface area contributed by atoms with Crippen LogP contribution in [0.1, 0.15) is 11.1 Å². The minimum atomic E-state index is -0.234. The van der Waals surface area contributed by atoms with Gasteiger partial charge in [-0.25, -0.2) is 0 Å². The van der Waals surface area contributed by atoms with E-state index in [2.05, 4.69) is 11.4 Å². The summed E-state index contributed by atoms with van der Waals surface area (Å²) in [5, 5.41) is 30.0.